The van der Waals surface area contributed by atoms with Crippen molar-refractivity contribution in [1.29, 1.82) is 0 Å². The van der Waals surface area contributed by atoms with Gasteiger partial charge in [0.15, 0.2) is 0 Å². The zero-order valence-electron chi connectivity index (χ0n) is 17.0. The number of carbonyl (C=O) groups excluding carboxylic acids is 1. The number of nitrogens with one attached hydrogen (secondary N) is 2. The van der Waals surface area contributed by atoms with Crippen LogP contribution in [0.2, 0.25) is 0 Å². The van der Waals surface area contributed by atoms with Crippen molar-refractivity contribution in [1.82, 2.24) is 14.6 Å². The summed E-state index contributed by atoms with van der Waals surface area (Å²) in [4.78, 5) is 20.3. The van der Waals surface area contributed by atoms with Gasteiger partial charge in [0.25, 0.3) is 5.91 Å². The lowest BCUT2D eigenvalue weighted by atomic mass is 10.1. The van der Waals surface area contributed by atoms with E-state index in [0.29, 0.717) is 25.1 Å². The minimum atomic E-state index is -3.56. The molecule has 0 saturated carbocycles. The number of hydrogen-bond acceptors (Lipinski definition) is 4. The molecule has 0 bridgehead atoms. The number of piperazine rings is 1. The number of sulfonamides is 1. The molecule has 2 N–H and O–H groups in total. The minimum absolute atomic E-state index is 0.0493. The highest BCUT2D eigenvalue weighted by molar-refractivity contribution is 7.89. The van der Waals surface area contributed by atoms with Crippen LogP contribution in [0.25, 0.3) is 0 Å². The Bertz CT molecular complexity index is 909. The third-order valence-electron chi connectivity index (χ3n) is 5.34. The molecule has 0 spiro atoms. The van der Waals surface area contributed by atoms with Gasteiger partial charge in [0, 0.05) is 29.6 Å². The van der Waals surface area contributed by atoms with Crippen LogP contribution in [0.1, 0.15) is 36.2 Å². The maximum Gasteiger partial charge on any atom is 0.254 e. The van der Waals surface area contributed by atoms with Gasteiger partial charge in [-0.15, -0.1) is 0 Å². The monoisotopic (exact) mass is 417 g/mol. The molecule has 1 fully saturated rings. The zero-order valence-corrected chi connectivity index (χ0v) is 17.8. The fourth-order valence-corrected chi connectivity index (χ4v) is 4.69. The van der Waals surface area contributed by atoms with Gasteiger partial charge < -0.3 is 9.80 Å². The van der Waals surface area contributed by atoms with Gasteiger partial charge in [-0.3, -0.25) is 9.78 Å². The first-order valence-corrected chi connectivity index (χ1v) is 11.5. The molecule has 156 valence electrons. The van der Waals surface area contributed by atoms with Crippen LogP contribution in [-0.4, -0.2) is 56.4 Å². The van der Waals surface area contributed by atoms with E-state index < -0.39 is 10.0 Å². The zero-order chi connectivity index (χ0) is 20.9. The van der Waals surface area contributed by atoms with Gasteiger partial charge >= 0.3 is 0 Å². The summed E-state index contributed by atoms with van der Waals surface area (Å²) < 4.78 is 27.3. The van der Waals surface area contributed by atoms with Crippen LogP contribution in [-0.2, 0) is 16.6 Å². The van der Waals surface area contributed by atoms with Crippen LogP contribution in [0.15, 0.2) is 53.7 Å². The summed E-state index contributed by atoms with van der Waals surface area (Å²) in [7, 11) is -3.56. The number of carbonyl (C=O) groups is 1. The molecule has 7 nitrogen and oxygen atoms in total. The van der Waals surface area contributed by atoms with Gasteiger partial charge in [-0.05, 0) is 49.7 Å². The summed E-state index contributed by atoms with van der Waals surface area (Å²) in [5, 5.41) is 0. The predicted octanol–water partition coefficient (Wildman–Crippen LogP) is 0.699. The second-order valence-electron chi connectivity index (χ2n) is 7.53. The van der Waals surface area contributed by atoms with E-state index in [0.717, 1.165) is 19.6 Å². The fraction of sp³-hybridized carbons (Fsp3) is 0.429. The van der Waals surface area contributed by atoms with Gasteiger partial charge in [-0.2, -0.15) is 0 Å². The molecule has 1 aliphatic heterocycles. The first kappa shape index (κ1) is 21.4. The van der Waals surface area contributed by atoms with Crippen LogP contribution in [0.3, 0.4) is 0 Å². The molecule has 0 unspecified atom stereocenters. The molecule has 1 amide bonds. The van der Waals surface area contributed by atoms with E-state index >= 15 is 0 Å². The molecule has 2 aromatic rings. The maximum atomic E-state index is 12.8. The summed E-state index contributed by atoms with van der Waals surface area (Å²) >= 11 is 0. The maximum absolute atomic E-state index is 12.8. The van der Waals surface area contributed by atoms with E-state index in [-0.39, 0.29) is 16.8 Å². The Morgan fingerprint density at radius 3 is 2.34 bits per heavy atom. The van der Waals surface area contributed by atoms with E-state index in [4.69, 9.17) is 0 Å². The van der Waals surface area contributed by atoms with E-state index in [1.807, 2.05) is 30.9 Å². The van der Waals surface area contributed by atoms with E-state index in [9.17, 15) is 13.2 Å². The molecular weight excluding hydrogens is 388 g/mol. The van der Waals surface area contributed by atoms with E-state index in [1.165, 1.54) is 22.6 Å². The Morgan fingerprint density at radius 2 is 1.76 bits per heavy atom. The summed E-state index contributed by atoms with van der Waals surface area (Å²) in [5.41, 5.74) is 1.77. The average Bonchev–Trinajstić information content (AvgIpc) is 2.74. The Morgan fingerprint density at radius 1 is 1.14 bits per heavy atom. The Hall–Kier alpha value is -2.29. The molecule has 1 atom stereocenters. The lowest BCUT2D eigenvalue weighted by Gasteiger charge is -2.32. The highest BCUT2D eigenvalue weighted by Gasteiger charge is 2.25. The molecule has 0 radical (unpaired) electrons. The summed E-state index contributed by atoms with van der Waals surface area (Å²) in [6, 6.07) is 10.1. The smallest absolute Gasteiger partial charge is 0.254 e. The van der Waals surface area contributed by atoms with Crippen LogP contribution in [0.5, 0.6) is 0 Å². The van der Waals surface area contributed by atoms with Crippen LogP contribution in [0, 0.1) is 0 Å². The molecule has 3 rings (SSSR count). The fourth-order valence-electron chi connectivity index (χ4n) is 3.37. The molecule has 2 heterocycles. The number of pyridine rings is 1. The van der Waals surface area contributed by atoms with Crippen molar-refractivity contribution >= 4 is 15.9 Å². The molecule has 1 aliphatic rings. The Labute approximate surface area is 172 Å². The van der Waals surface area contributed by atoms with Crippen molar-refractivity contribution in [2.24, 2.45) is 0 Å². The van der Waals surface area contributed by atoms with Gasteiger partial charge in [0.2, 0.25) is 10.0 Å². The van der Waals surface area contributed by atoms with Crippen molar-refractivity contribution in [3.63, 3.8) is 0 Å². The highest BCUT2D eigenvalue weighted by Crippen LogP contribution is 2.13. The van der Waals surface area contributed by atoms with Gasteiger partial charge in [0.1, 0.15) is 6.54 Å². The molecule has 8 heteroatoms. The largest absolute Gasteiger partial charge is 0.328 e. The molecule has 1 aromatic carbocycles. The lowest BCUT2D eigenvalue weighted by Crippen LogP contribution is -3.13. The lowest BCUT2D eigenvalue weighted by molar-refractivity contribution is -0.917. The summed E-state index contributed by atoms with van der Waals surface area (Å²) in [5.74, 6) is -0.0493. The number of benzene rings is 1. The van der Waals surface area contributed by atoms with Crippen molar-refractivity contribution in [2.75, 3.05) is 26.2 Å². The molecular formula is C21H29N4O3S+. The first-order valence-electron chi connectivity index (χ1n) is 10.0. The SMILES string of the molecule is CC[C@H](C)NS(=O)(=O)c1ccc(C(=O)N2CC[NH+](Cc3ccncc3)CC2)cc1. The number of nitrogens with zero attached hydrogens (tertiary/aromatic N) is 2. The standard InChI is InChI=1S/C21H28N4O3S/c1-3-17(2)23-29(27,28)20-6-4-19(5-7-20)21(26)25-14-12-24(13-15-25)16-18-8-10-22-11-9-18/h4-11,17,23H,3,12-16H2,1-2H3/p+1/t17-/m0/s1. The third kappa shape index (κ3) is 5.62. The topological polar surface area (TPSA) is 83.8 Å². The van der Waals surface area contributed by atoms with E-state index in [1.54, 1.807) is 24.5 Å². The Balaban J connectivity index is 1.57. The Kier molecular flexibility index (Phi) is 7.00. The summed E-state index contributed by atoms with van der Waals surface area (Å²) in [6.45, 7) is 7.84. The molecule has 1 saturated heterocycles. The third-order valence-corrected chi connectivity index (χ3v) is 6.95. The normalized spacial score (nSPS) is 16.6. The van der Waals surface area contributed by atoms with Crippen LogP contribution >= 0.6 is 0 Å². The number of quaternary nitrogens is 1. The number of rotatable bonds is 7. The number of amides is 1. The quantitative estimate of drug-likeness (QED) is 0.695. The average molecular weight is 418 g/mol. The summed E-state index contributed by atoms with van der Waals surface area (Å²) in [6.07, 6.45) is 4.32. The second kappa shape index (κ2) is 9.47. The van der Waals surface area contributed by atoms with Crippen molar-refractivity contribution in [2.45, 2.75) is 37.8 Å². The number of aromatic nitrogens is 1. The van der Waals surface area contributed by atoms with Gasteiger partial charge in [-0.1, -0.05) is 6.92 Å². The van der Waals surface area contributed by atoms with Crippen LogP contribution < -0.4 is 9.62 Å². The van der Waals surface area contributed by atoms with Crippen molar-refractivity contribution < 1.29 is 18.1 Å². The highest BCUT2D eigenvalue weighted by atomic mass is 32.2. The van der Waals surface area contributed by atoms with Crippen LogP contribution in [0.4, 0.5) is 0 Å². The number of hydrogen-bond donors (Lipinski definition) is 2. The van der Waals surface area contributed by atoms with Gasteiger partial charge in [0.05, 0.1) is 31.1 Å². The predicted molar refractivity (Wildman–Crippen MR) is 111 cm³/mol. The van der Waals surface area contributed by atoms with Crippen molar-refractivity contribution in [3.8, 4) is 0 Å². The van der Waals surface area contributed by atoms with Gasteiger partial charge in [-0.25, -0.2) is 13.1 Å². The minimum Gasteiger partial charge on any atom is -0.328 e. The second-order valence-corrected chi connectivity index (χ2v) is 9.24. The molecule has 29 heavy (non-hydrogen) atoms. The van der Waals surface area contributed by atoms with Crippen molar-refractivity contribution in [3.05, 3.63) is 59.9 Å². The first-order chi connectivity index (χ1) is 13.9. The van der Waals surface area contributed by atoms with E-state index in [2.05, 4.69) is 9.71 Å². The molecule has 1 aromatic heterocycles. The molecule has 0 aliphatic carbocycles.